The highest BCUT2D eigenvalue weighted by atomic mass is 35.5. The van der Waals surface area contributed by atoms with Crippen LogP contribution in [0.25, 0.3) is 0 Å². The maximum absolute atomic E-state index is 14.2. The maximum atomic E-state index is 14.2. The zero-order valence-electron chi connectivity index (χ0n) is 18.9. The fourth-order valence-corrected chi connectivity index (χ4v) is 6.08. The Morgan fingerprint density at radius 3 is 2.79 bits per heavy atom. The van der Waals surface area contributed by atoms with E-state index in [0.29, 0.717) is 23.6 Å². The number of hydrogen-bond donors (Lipinski definition) is 1. The lowest BCUT2D eigenvalue weighted by atomic mass is 9.77. The summed E-state index contributed by atoms with van der Waals surface area (Å²) in [4.78, 5) is 44.0. The van der Waals surface area contributed by atoms with Crippen LogP contribution in [0.15, 0.2) is 42.5 Å². The molecular weight excluding hydrogens is 460 g/mol. The molecule has 180 valence electrons. The lowest BCUT2D eigenvalue weighted by Crippen LogP contribution is -2.55. The molecule has 5 rings (SSSR count). The van der Waals surface area contributed by atoms with Crippen molar-refractivity contribution in [3.63, 3.8) is 0 Å². The van der Waals surface area contributed by atoms with Crippen molar-refractivity contribution in [1.82, 2.24) is 4.90 Å². The van der Waals surface area contributed by atoms with Gasteiger partial charge in [-0.25, -0.2) is 0 Å². The predicted octanol–water partition coefficient (Wildman–Crippen LogP) is 2.02. The molecule has 0 saturated carbocycles. The van der Waals surface area contributed by atoms with Crippen LogP contribution in [0.3, 0.4) is 0 Å². The molecule has 0 aromatic heterocycles. The third-order valence-electron chi connectivity index (χ3n) is 7.14. The van der Waals surface area contributed by atoms with Crippen molar-refractivity contribution in [3.05, 3.63) is 53.1 Å². The minimum Gasteiger partial charge on any atom is -0.465 e. The molecule has 0 bridgehead atoms. The van der Waals surface area contributed by atoms with Crippen LogP contribution in [0.1, 0.15) is 18.4 Å². The van der Waals surface area contributed by atoms with E-state index in [1.165, 1.54) is 4.90 Å². The number of anilines is 1. The number of benzene rings is 1. The molecule has 4 aliphatic rings. The van der Waals surface area contributed by atoms with Crippen LogP contribution in [0.4, 0.5) is 5.69 Å². The van der Waals surface area contributed by atoms with Gasteiger partial charge in [0.1, 0.15) is 17.6 Å². The summed E-state index contributed by atoms with van der Waals surface area (Å²) in [6.45, 7) is 2.38. The molecule has 2 saturated heterocycles. The van der Waals surface area contributed by atoms with Gasteiger partial charge in [0.2, 0.25) is 5.91 Å². The van der Waals surface area contributed by atoms with Gasteiger partial charge in [-0.2, -0.15) is 0 Å². The Morgan fingerprint density at radius 1 is 1.21 bits per heavy atom. The zero-order valence-corrected chi connectivity index (χ0v) is 19.6. The van der Waals surface area contributed by atoms with Gasteiger partial charge in [-0.05, 0) is 31.4 Å². The summed E-state index contributed by atoms with van der Waals surface area (Å²) in [5.74, 6) is -2.91. The first-order chi connectivity index (χ1) is 16.4. The number of rotatable bonds is 4. The normalized spacial score (nSPS) is 32.6. The van der Waals surface area contributed by atoms with Crippen molar-refractivity contribution in [2.75, 3.05) is 31.2 Å². The van der Waals surface area contributed by atoms with E-state index in [0.717, 1.165) is 5.56 Å². The number of fused-ring (bicyclic) bond motifs is 2. The second-order valence-electron chi connectivity index (χ2n) is 9.09. The Hall–Kier alpha value is -2.68. The van der Waals surface area contributed by atoms with E-state index >= 15 is 0 Å². The molecule has 34 heavy (non-hydrogen) atoms. The van der Waals surface area contributed by atoms with Gasteiger partial charge in [0.05, 0.1) is 29.3 Å². The first-order valence-corrected chi connectivity index (χ1v) is 11.9. The van der Waals surface area contributed by atoms with Gasteiger partial charge in [-0.3, -0.25) is 14.4 Å². The van der Waals surface area contributed by atoms with E-state index < -0.39 is 35.6 Å². The number of likely N-dealkylation sites (tertiary alicyclic amines) is 1. The third kappa shape index (κ3) is 3.39. The fraction of sp³-hybridized carbons (Fsp3) is 0.480. The molecule has 1 aromatic carbocycles. The third-order valence-corrected chi connectivity index (χ3v) is 7.44. The minimum atomic E-state index is -1.32. The molecule has 0 aliphatic carbocycles. The van der Waals surface area contributed by atoms with Crippen molar-refractivity contribution in [3.8, 4) is 0 Å². The van der Waals surface area contributed by atoms with Crippen molar-refractivity contribution in [2.24, 2.45) is 11.8 Å². The van der Waals surface area contributed by atoms with Gasteiger partial charge >= 0.3 is 5.97 Å². The number of aliphatic hydroxyl groups is 1. The molecular formula is C25H27ClN2O6. The molecule has 9 heteroatoms. The van der Waals surface area contributed by atoms with E-state index in [1.807, 2.05) is 31.2 Å². The van der Waals surface area contributed by atoms with Crippen LogP contribution in [0.5, 0.6) is 0 Å². The second kappa shape index (κ2) is 8.83. The number of esters is 1. The number of aliphatic hydroxyl groups excluding tert-OH is 1. The number of carbonyl (C=O) groups is 3. The Balaban J connectivity index is 1.63. The van der Waals surface area contributed by atoms with Crippen LogP contribution in [-0.4, -0.2) is 71.8 Å². The molecule has 1 aromatic rings. The van der Waals surface area contributed by atoms with Gasteiger partial charge in [0.25, 0.3) is 5.91 Å². The van der Waals surface area contributed by atoms with Crippen molar-refractivity contribution < 1.29 is 29.0 Å². The molecule has 1 spiro atoms. The molecule has 4 aliphatic heterocycles. The van der Waals surface area contributed by atoms with E-state index in [-0.39, 0.29) is 38.1 Å². The highest BCUT2D eigenvalue weighted by Crippen LogP contribution is 2.53. The number of nitrogens with zero attached hydrogens (tertiary/aromatic N) is 2. The Bertz CT molecular complexity index is 1070. The molecule has 1 N–H and O–H groups in total. The van der Waals surface area contributed by atoms with E-state index in [2.05, 4.69) is 0 Å². The summed E-state index contributed by atoms with van der Waals surface area (Å²) >= 11 is 6.50. The van der Waals surface area contributed by atoms with Crippen LogP contribution in [-0.2, 0) is 23.9 Å². The number of hydrogen-bond acceptors (Lipinski definition) is 6. The molecule has 2 fully saturated rings. The number of amides is 2. The molecule has 1 unspecified atom stereocenters. The number of cyclic esters (lactones) is 1. The van der Waals surface area contributed by atoms with Crippen LogP contribution in [0, 0.1) is 18.8 Å². The summed E-state index contributed by atoms with van der Waals surface area (Å²) in [5, 5.41) is 9.88. The van der Waals surface area contributed by atoms with E-state index in [1.54, 1.807) is 23.1 Å². The molecule has 8 nitrogen and oxygen atoms in total. The fourth-order valence-electron chi connectivity index (χ4n) is 5.75. The molecule has 2 amide bonds. The highest BCUT2D eigenvalue weighted by Gasteiger charge is 2.71. The summed E-state index contributed by atoms with van der Waals surface area (Å²) in [6.07, 6.45) is 7.46. The molecule has 4 heterocycles. The quantitative estimate of drug-likeness (QED) is 0.516. The van der Waals surface area contributed by atoms with Crippen molar-refractivity contribution in [1.29, 1.82) is 0 Å². The largest absolute Gasteiger partial charge is 0.465 e. The first-order valence-electron chi connectivity index (χ1n) is 11.6. The van der Waals surface area contributed by atoms with Crippen LogP contribution < -0.4 is 4.90 Å². The summed E-state index contributed by atoms with van der Waals surface area (Å²) < 4.78 is 11.9. The number of ether oxygens (including phenoxy) is 2. The predicted molar refractivity (Wildman–Crippen MR) is 124 cm³/mol. The Kier molecular flexibility index (Phi) is 6.00. The van der Waals surface area contributed by atoms with Crippen molar-refractivity contribution >= 4 is 35.1 Å². The molecule has 0 radical (unpaired) electrons. The number of carbonyl (C=O) groups excluding carboxylic acids is 3. The molecule has 5 atom stereocenters. The monoisotopic (exact) mass is 486 g/mol. The van der Waals surface area contributed by atoms with E-state index in [9.17, 15) is 19.5 Å². The lowest BCUT2D eigenvalue weighted by molar-refractivity contribution is -0.154. The van der Waals surface area contributed by atoms with Gasteiger partial charge in [0, 0.05) is 19.7 Å². The number of para-hydroxylation sites is 1. The topological polar surface area (TPSA) is 96.4 Å². The number of aryl methyl sites for hydroxylation is 1. The Labute approximate surface area is 202 Å². The SMILES string of the molecule is Cc1cccc(Cl)c1N1CC=C[C@]23O[C@@H]4C=CCCOC(=O)[C@@H]4[C@H]2C(=O)N(CCCO)C3C1=O. The zero-order chi connectivity index (χ0) is 24.0. The van der Waals surface area contributed by atoms with Gasteiger partial charge in [-0.1, -0.05) is 48.0 Å². The maximum Gasteiger partial charge on any atom is 0.312 e. The average molecular weight is 487 g/mol. The Morgan fingerprint density at radius 2 is 2.03 bits per heavy atom. The summed E-state index contributed by atoms with van der Waals surface area (Å²) in [5.41, 5.74) is 0.0852. The minimum absolute atomic E-state index is 0.136. The van der Waals surface area contributed by atoms with E-state index in [4.69, 9.17) is 21.1 Å². The summed E-state index contributed by atoms with van der Waals surface area (Å²) in [6, 6.07) is 4.42. The lowest BCUT2D eigenvalue weighted by Gasteiger charge is -2.36. The number of halogens is 1. The highest BCUT2D eigenvalue weighted by molar-refractivity contribution is 6.34. The van der Waals surface area contributed by atoms with Gasteiger partial charge in [0.15, 0.2) is 0 Å². The van der Waals surface area contributed by atoms with Crippen LogP contribution in [0.2, 0.25) is 5.02 Å². The van der Waals surface area contributed by atoms with Gasteiger partial charge in [-0.15, -0.1) is 0 Å². The standard InChI is InChI=1S/C25H27ClN2O6/c1-15-7-4-8-16(26)20(15)27-11-5-10-25-19(18-17(34-25)9-2-3-14-33-24(18)32)22(30)28(12-6-13-29)21(25)23(27)31/h2,4-5,7-10,17-19,21,29H,3,6,11-14H2,1H3/t17-,18+,19+,21?,25+/m1/s1. The average Bonchev–Trinajstić information content (AvgIpc) is 3.17. The second-order valence-corrected chi connectivity index (χ2v) is 9.50. The first kappa shape index (κ1) is 23.1. The van der Waals surface area contributed by atoms with Gasteiger partial charge < -0.3 is 24.4 Å². The summed E-state index contributed by atoms with van der Waals surface area (Å²) in [7, 11) is 0. The smallest absolute Gasteiger partial charge is 0.312 e. The van der Waals surface area contributed by atoms with Crippen LogP contribution >= 0.6 is 11.6 Å². The van der Waals surface area contributed by atoms with Crippen molar-refractivity contribution in [2.45, 2.75) is 37.5 Å².